The molecule has 0 amide bonds. The van der Waals surface area contributed by atoms with Gasteiger partial charge in [-0.3, -0.25) is 9.69 Å². The Hall–Kier alpha value is -0.650. The van der Waals surface area contributed by atoms with Crippen molar-refractivity contribution < 1.29 is 14.6 Å². The average Bonchev–Trinajstić information content (AvgIpc) is 2.07. The highest BCUT2D eigenvalue weighted by Crippen LogP contribution is 2.02. The standard InChI is InChI=1S/C7H14N2O3/c8-5-6(7(10)11)9-1-3-12-4-2-9/h6H,1-5,8H2,(H,10,11). The lowest BCUT2D eigenvalue weighted by Gasteiger charge is -2.30. The smallest absolute Gasteiger partial charge is 0.322 e. The van der Waals surface area contributed by atoms with Gasteiger partial charge in [0.1, 0.15) is 6.04 Å². The highest BCUT2D eigenvalue weighted by Gasteiger charge is 2.25. The van der Waals surface area contributed by atoms with E-state index < -0.39 is 12.0 Å². The fraction of sp³-hybridized carbons (Fsp3) is 0.857. The van der Waals surface area contributed by atoms with Crippen LogP contribution < -0.4 is 5.73 Å². The second-order valence-corrected chi connectivity index (χ2v) is 2.74. The number of nitrogens with two attached hydrogens (primary N) is 1. The molecule has 0 spiro atoms. The first-order valence-electron chi connectivity index (χ1n) is 4.00. The molecule has 1 fully saturated rings. The summed E-state index contributed by atoms with van der Waals surface area (Å²) < 4.78 is 5.10. The Morgan fingerprint density at radius 2 is 2.17 bits per heavy atom. The lowest BCUT2D eigenvalue weighted by molar-refractivity contribution is -0.144. The van der Waals surface area contributed by atoms with Crippen LogP contribution in [0.15, 0.2) is 0 Å². The Labute approximate surface area is 71.1 Å². The van der Waals surface area contributed by atoms with Crippen LogP contribution in [-0.2, 0) is 9.53 Å². The molecule has 3 N–H and O–H groups in total. The predicted molar refractivity (Wildman–Crippen MR) is 42.9 cm³/mol. The van der Waals surface area contributed by atoms with Crippen molar-refractivity contribution in [3.63, 3.8) is 0 Å². The van der Waals surface area contributed by atoms with Crippen LogP contribution in [0.4, 0.5) is 0 Å². The van der Waals surface area contributed by atoms with E-state index >= 15 is 0 Å². The number of nitrogens with zero attached hydrogens (tertiary/aromatic N) is 1. The van der Waals surface area contributed by atoms with Crippen molar-refractivity contribution in [2.45, 2.75) is 6.04 Å². The molecule has 0 saturated carbocycles. The Bertz CT molecular complexity index is 157. The summed E-state index contributed by atoms with van der Waals surface area (Å²) in [7, 11) is 0. The molecule has 0 aromatic heterocycles. The third-order valence-electron chi connectivity index (χ3n) is 1.99. The van der Waals surface area contributed by atoms with Gasteiger partial charge in [-0.1, -0.05) is 0 Å². The minimum Gasteiger partial charge on any atom is -0.480 e. The van der Waals surface area contributed by atoms with E-state index in [4.69, 9.17) is 15.6 Å². The Morgan fingerprint density at radius 3 is 2.58 bits per heavy atom. The van der Waals surface area contributed by atoms with Crippen LogP contribution in [0.1, 0.15) is 0 Å². The lowest BCUT2D eigenvalue weighted by Crippen LogP contribution is -2.50. The second kappa shape index (κ2) is 4.39. The summed E-state index contributed by atoms with van der Waals surface area (Å²) in [5.74, 6) is -0.848. The fourth-order valence-corrected chi connectivity index (χ4v) is 1.30. The van der Waals surface area contributed by atoms with Crippen molar-refractivity contribution >= 4 is 5.97 Å². The second-order valence-electron chi connectivity index (χ2n) is 2.74. The van der Waals surface area contributed by atoms with Gasteiger partial charge in [0.15, 0.2) is 0 Å². The molecule has 1 rings (SSSR count). The van der Waals surface area contributed by atoms with E-state index in [1.807, 2.05) is 4.90 Å². The number of carboxylic acids is 1. The van der Waals surface area contributed by atoms with E-state index in [-0.39, 0.29) is 6.54 Å². The lowest BCUT2D eigenvalue weighted by atomic mass is 10.2. The number of carboxylic acid groups (broad SMARTS) is 1. The normalized spacial score (nSPS) is 22.1. The number of ether oxygens (including phenoxy) is 1. The zero-order valence-corrected chi connectivity index (χ0v) is 6.90. The van der Waals surface area contributed by atoms with Gasteiger partial charge in [-0.15, -0.1) is 0 Å². The summed E-state index contributed by atoms with van der Waals surface area (Å²) in [5.41, 5.74) is 5.34. The maximum atomic E-state index is 10.7. The van der Waals surface area contributed by atoms with Gasteiger partial charge in [-0.2, -0.15) is 0 Å². The highest BCUT2D eigenvalue weighted by atomic mass is 16.5. The van der Waals surface area contributed by atoms with Gasteiger partial charge in [0.2, 0.25) is 0 Å². The van der Waals surface area contributed by atoms with Crippen LogP contribution in [0.25, 0.3) is 0 Å². The van der Waals surface area contributed by atoms with Crippen molar-refractivity contribution in [3.05, 3.63) is 0 Å². The van der Waals surface area contributed by atoms with Crippen molar-refractivity contribution in [1.29, 1.82) is 0 Å². The van der Waals surface area contributed by atoms with Crippen LogP contribution >= 0.6 is 0 Å². The van der Waals surface area contributed by atoms with E-state index in [1.54, 1.807) is 0 Å². The van der Waals surface area contributed by atoms with Gasteiger partial charge in [-0.25, -0.2) is 0 Å². The van der Waals surface area contributed by atoms with E-state index in [2.05, 4.69) is 0 Å². The van der Waals surface area contributed by atoms with E-state index in [1.165, 1.54) is 0 Å². The molecule has 0 radical (unpaired) electrons. The molecule has 1 aliphatic heterocycles. The zero-order chi connectivity index (χ0) is 8.97. The van der Waals surface area contributed by atoms with E-state index in [0.29, 0.717) is 26.3 Å². The summed E-state index contributed by atoms with van der Waals surface area (Å²) >= 11 is 0. The Morgan fingerprint density at radius 1 is 1.58 bits per heavy atom. The van der Waals surface area contributed by atoms with Crippen molar-refractivity contribution in [2.24, 2.45) is 5.73 Å². The van der Waals surface area contributed by atoms with Crippen LogP contribution in [0.5, 0.6) is 0 Å². The molecule has 0 aromatic rings. The molecule has 0 aliphatic carbocycles. The first-order valence-corrected chi connectivity index (χ1v) is 4.00. The summed E-state index contributed by atoms with van der Waals surface area (Å²) in [4.78, 5) is 12.5. The molecular weight excluding hydrogens is 160 g/mol. The van der Waals surface area contributed by atoms with Crippen LogP contribution in [0, 0.1) is 0 Å². The topological polar surface area (TPSA) is 75.8 Å². The van der Waals surface area contributed by atoms with E-state index in [0.717, 1.165) is 0 Å². The monoisotopic (exact) mass is 174 g/mol. The average molecular weight is 174 g/mol. The Kier molecular flexibility index (Phi) is 3.46. The third-order valence-corrected chi connectivity index (χ3v) is 1.99. The zero-order valence-electron chi connectivity index (χ0n) is 6.90. The van der Waals surface area contributed by atoms with E-state index in [9.17, 15) is 4.79 Å². The minimum atomic E-state index is -0.848. The molecule has 1 unspecified atom stereocenters. The molecule has 5 heteroatoms. The van der Waals surface area contributed by atoms with Gasteiger partial charge in [0, 0.05) is 19.6 Å². The number of hydrogen-bond acceptors (Lipinski definition) is 4. The minimum absolute atomic E-state index is 0.162. The molecule has 0 aromatic carbocycles. The maximum Gasteiger partial charge on any atom is 0.322 e. The van der Waals surface area contributed by atoms with Crippen molar-refractivity contribution in [3.8, 4) is 0 Å². The van der Waals surface area contributed by atoms with Crippen molar-refractivity contribution in [2.75, 3.05) is 32.8 Å². The van der Waals surface area contributed by atoms with Gasteiger partial charge < -0.3 is 15.6 Å². The highest BCUT2D eigenvalue weighted by molar-refractivity contribution is 5.73. The Balaban J connectivity index is 2.46. The molecule has 12 heavy (non-hydrogen) atoms. The van der Waals surface area contributed by atoms with Crippen molar-refractivity contribution in [1.82, 2.24) is 4.90 Å². The summed E-state index contributed by atoms with van der Waals surface area (Å²) in [6, 6.07) is -0.547. The summed E-state index contributed by atoms with van der Waals surface area (Å²) in [5, 5.41) is 8.76. The van der Waals surface area contributed by atoms with Crippen LogP contribution in [0.2, 0.25) is 0 Å². The molecule has 1 aliphatic rings. The van der Waals surface area contributed by atoms with Crippen LogP contribution in [-0.4, -0.2) is 54.9 Å². The largest absolute Gasteiger partial charge is 0.480 e. The molecule has 0 bridgehead atoms. The van der Waals surface area contributed by atoms with Gasteiger partial charge in [-0.05, 0) is 0 Å². The first-order chi connectivity index (χ1) is 5.75. The molecule has 1 heterocycles. The van der Waals surface area contributed by atoms with Gasteiger partial charge in [0.05, 0.1) is 13.2 Å². The third kappa shape index (κ3) is 2.17. The number of rotatable bonds is 3. The van der Waals surface area contributed by atoms with Gasteiger partial charge >= 0.3 is 5.97 Å². The summed E-state index contributed by atoms with van der Waals surface area (Å²) in [6.45, 7) is 2.69. The molecule has 5 nitrogen and oxygen atoms in total. The summed E-state index contributed by atoms with van der Waals surface area (Å²) in [6.07, 6.45) is 0. The fourth-order valence-electron chi connectivity index (χ4n) is 1.30. The maximum absolute atomic E-state index is 10.7. The molecule has 70 valence electrons. The SMILES string of the molecule is NCC(C(=O)O)N1CCOCC1. The first kappa shape index (κ1) is 9.44. The quantitative estimate of drug-likeness (QED) is 0.558. The predicted octanol–water partition coefficient (Wildman–Crippen LogP) is -1.27. The molecule has 1 saturated heterocycles. The molecule has 1 atom stereocenters. The number of carbonyl (C=O) groups is 1. The van der Waals surface area contributed by atoms with Gasteiger partial charge in [0.25, 0.3) is 0 Å². The number of morpholine rings is 1. The van der Waals surface area contributed by atoms with Crippen LogP contribution in [0.3, 0.4) is 0 Å². The number of hydrogen-bond donors (Lipinski definition) is 2. The molecular formula is C7H14N2O3. The number of aliphatic carboxylic acids is 1.